The summed E-state index contributed by atoms with van der Waals surface area (Å²) in [5.41, 5.74) is 2.22. The lowest BCUT2D eigenvalue weighted by molar-refractivity contribution is 0.187. The maximum atomic E-state index is 9.96. The maximum absolute atomic E-state index is 9.96. The zero-order chi connectivity index (χ0) is 17.1. The van der Waals surface area contributed by atoms with Crippen molar-refractivity contribution in [3.8, 4) is 6.07 Å². The molecule has 0 saturated carbocycles. The number of thiazole rings is 1. The summed E-state index contributed by atoms with van der Waals surface area (Å²) in [6.45, 7) is 4.08. The third-order valence-corrected chi connectivity index (χ3v) is 5.70. The van der Waals surface area contributed by atoms with Gasteiger partial charge in [0.25, 0.3) is 0 Å². The zero-order valence-electron chi connectivity index (χ0n) is 13.9. The summed E-state index contributed by atoms with van der Waals surface area (Å²) in [5.74, 6) is -0.0126. The van der Waals surface area contributed by atoms with Gasteiger partial charge in [0.15, 0.2) is 5.13 Å². The van der Waals surface area contributed by atoms with Gasteiger partial charge in [0.1, 0.15) is 6.04 Å². The Kier molecular flexibility index (Phi) is 4.98. The van der Waals surface area contributed by atoms with Gasteiger partial charge in [0.2, 0.25) is 0 Å². The van der Waals surface area contributed by atoms with E-state index < -0.39 is 0 Å². The summed E-state index contributed by atoms with van der Waals surface area (Å²) in [7, 11) is 0. The quantitative estimate of drug-likeness (QED) is 0.904. The van der Waals surface area contributed by atoms with Crippen molar-refractivity contribution in [1.82, 2.24) is 4.98 Å². The van der Waals surface area contributed by atoms with Gasteiger partial charge in [-0.05, 0) is 24.5 Å². The Bertz CT molecular complexity index is 777. The molecule has 5 heteroatoms. The Hall–Kier alpha value is -2.16. The third-order valence-electron chi connectivity index (χ3n) is 4.54. The number of hydrogen-bond donors (Lipinski definition) is 1. The molecule has 0 amide bonds. The van der Waals surface area contributed by atoms with Crippen LogP contribution in [0.1, 0.15) is 35.8 Å². The van der Waals surface area contributed by atoms with Crippen LogP contribution in [0.15, 0.2) is 36.5 Å². The molecule has 0 spiro atoms. The molecular formula is C19H21N3OS. The lowest BCUT2D eigenvalue weighted by Crippen LogP contribution is -2.63. The summed E-state index contributed by atoms with van der Waals surface area (Å²) in [6.07, 6.45) is 6.85. The fourth-order valence-corrected chi connectivity index (χ4v) is 4.31. The highest BCUT2D eigenvalue weighted by Gasteiger charge is 2.50. The number of nitrogens with zero attached hydrogens (tertiary/aromatic N) is 3. The number of rotatable bonds is 5. The molecule has 124 valence electrons. The summed E-state index contributed by atoms with van der Waals surface area (Å²) < 4.78 is 0. The Balaban J connectivity index is 1.97. The number of anilines is 1. The first-order chi connectivity index (χ1) is 11.7. The molecule has 1 fully saturated rings. The lowest BCUT2D eigenvalue weighted by atomic mass is 9.74. The van der Waals surface area contributed by atoms with Crippen molar-refractivity contribution in [3.63, 3.8) is 0 Å². The number of nitriles is 1. The van der Waals surface area contributed by atoms with E-state index in [9.17, 15) is 10.4 Å². The van der Waals surface area contributed by atoms with E-state index in [2.05, 4.69) is 36.2 Å². The SMILES string of the molecule is C/C=C/c1ccccc1[C@@H]1[C@@H](CO)N(c2ncc(CC)s2)[C@H]1C#N. The van der Waals surface area contributed by atoms with E-state index in [1.165, 1.54) is 4.88 Å². The minimum atomic E-state index is -0.301. The van der Waals surface area contributed by atoms with Gasteiger partial charge in [-0.15, -0.1) is 11.3 Å². The van der Waals surface area contributed by atoms with Crippen molar-refractivity contribution < 1.29 is 5.11 Å². The van der Waals surface area contributed by atoms with Crippen LogP contribution in [0.5, 0.6) is 0 Å². The van der Waals surface area contributed by atoms with Crippen molar-refractivity contribution in [1.29, 1.82) is 5.26 Å². The highest BCUT2D eigenvalue weighted by Crippen LogP contribution is 2.45. The van der Waals surface area contributed by atoms with E-state index in [1.807, 2.05) is 36.2 Å². The number of aromatic nitrogens is 1. The summed E-state index contributed by atoms with van der Waals surface area (Å²) in [6, 6.07) is 10.1. The van der Waals surface area contributed by atoms with Gasteiger partial charge in [0, 0.05) is 17.0 Å². The molecule has 1 aliphatic heterocycles. The number of aryl methyl sites for hydroxylation is 1. The molecule has 1 aliphatic rings. The second-order valence-corrected chi connectivity index (χ2v) is 6.94. The zero-order valence-corrected chi connectivity index (χ0v) is 14.7. The summed E-state index contributed by atoms with van der Waals surface area (Å²) >= 11 is 1.61. The lowest BCUT2D eigenvalue weighted by Gasteiger charge is -2.52. The van der Waals surface area contributed by atoms with Gasteiger partial charge in [-0.2, -0.15) is 5.26 Å². The van der Waals surface area contributed by atoms with Crippen molar-refractivity contribution in [2.24, 2.45) is 0 Å². The molecule has 0 radical (unpaired) electrons. The predicted octanol–water partition coefficient (Wildman–Crippen LogP) is 3.60. The molecule has 0 bridgehead atoms. The first kappa shape index (κ1) is 16.7. The molecule has 0 aliphatic carbocycles. The molecule has 3 atom stereocenters. The van der Waals surface area contributed by atoms with Crippen LogP contribution in [-0.4, -0.2) is 28.8 Å². The Morgan fingerprint density at radius 2 is 2.21 bits per heavy atom. The second-order valence-electron chi connectivity index (χ2n) is 5.85. The fourth-order valence-electron chi connectivity index (χ4n) is 3.37. The smallest absolute Gasteiger partial charge is 0.186 e. The molecule has 2 heterocycles. The van der Waals surface area contributed by atoms with Gasteiger partial charge < -0.3 is 10.0 Å². The van der Waals surface area contributed by atoms with E-state index >= 15 is 0 Å². The van der Waals surface area contributed by atoms with Crippen molar-refractivity contribution in [3.05, 3.63) is 52.5 Å². The number of hydrogen-bond acceptors (Lipinski definition) is 5. The molecule has 1 aromatic carbocycles. The molecule has 1 aromatic heterocycles. The van der Waals surface area contributed by atoms with Gasteiger partial charge in [-0.3, -0.25) is 0 Å². The Morgan fingerprint density at radius 1 is 1.42 bits per heavy atom. The highest BCUT2D eigenvalue weighted by molar-refractivity contribution is 7.15. The average Bonchev–Trinajstić information content (AvgIpc) is 3.05. The summed E-state index contributed by atoms with van der Waals surface area (Å²) in [4.78, 5) is 7.62. The van der Waals surface area contributed by atoms with E-state index in [1.54, 1.807) is 11.3 Å². The monoisotopic (exact) mass is 339 g/mol. The van der Waals surface area contributed by atoms with Crippen molar-refractivity contribution in [2.75, 3.05) is 11.5 Å². The van der Waals surface area contributed by atoms with Gasteiger partial charge in [0.05, 0.1) is 18.7 Å². The Morgan fingerprint density at radius 3 is 2.83 bits per heavy atom. The molecular weight excluding hydrogens is 318 g/mol. The molecule has 0 unspecified atom stereocenters. The number of aliphatic hydroxyl groups is 1. The third kappa shape index (κ3) is 2.72. The molecule has 3 rings (SSSR count). The molecule has 2 aromatic rings. The molecule has 1 saturated heterocycles. The van der Waals surface area contributed by atoms with Crippen LogP contribution in [0.25, 0.3) is 6.08 Å². The first-order valence-corrected chi connectivity index (χ1v) is 9.01. The van der Waals surface area contributed by atoms with Crippen molar-refractivity contribution >= 4 is 22.5 Å². The minimum absolute atomic E-state index is 0.00799. The van der Waals surface area contributed by atoms with E-state index in [4.69, 9.17) is 0 Å². The van der Waals surface area contributed by atoms with Gasteiger partial charge >= 0.3 is 0 Å². The highest BCUT2D eigenvalue weighted by atomic mass is 32.1. The van der Waals surface area contributed by atoms with Crippen LogP contribution in [0, 0.1) is 11.3 Å². The molecule has 1 N–H and O–H groups in total. The van der Waals surface area contributed by atoms with Crippen molar-refractivity contribution in [2.45, 2.75) is 38.3 Å². The average molecular weight is 339 g/mol. The Labute approximate surface area is 146 Å². The number of allylic oxidation sites excluding steroid dienone is 1. The standard InChI is InChI=1S/C19H21N3OS/c1-3-7-13-8-5-6-9-15(13)18-16(10-20)22(17(18)12-23)19-21-11-14(4-2)24-19/h3,5-9,11,16-18,23H,4,12H2,1-2H3/b7-3+/t16-,17+,18-/m0/s1. The topological polar surface area (TPSA) is 60.1 Å². The molecule has 4 nitrogen and oxygen atoms in total. The van der Waals surface area contributed by atoms with Crippen LogP contribution in [0.2, 0.25) is 0 Å². The van der Waals surface area contributed by atoms with Crippen LogP contribution in [0.4, 0.5) is 5.13 Å². The van der Waals surface area contributed by atoms with Crippen LogP contribution < -0.4 is 4.90 Å². The van der Waals surface area contributed by atoms with Gasteiger partial charge in [-0.1, -0.05) is 43.3 Å². The second kappa shape index (κ2) is 7.16. The van der Waals surface area contributed by atoms with Gasteiger partial charge in [-0.25, -0.2) is 4.98 Å². The van der Waals surface area contributed by atoms with E-state index in [-0.39, 0.29) is 24.6 Å². The normalized spacial score (nSPS) is 23.2. The largest absolute Gasteiger partial charge is 0.394 e. The first-order valence-electron chi connectivity index (χ1n) is 8.20. The number of benzene rings is 1. The molecule has 24 heavy (non-hydrogen) atoms. The van der Waals surface area contributed by atoms with E-state index in [0.717, 1.165) is 22.7 Å². The van der Waals surface area contributed by atoms with Crippen LogP contribution in [-0.2, 0) is 6.42 Å². The van der Waals surface area contributed by atoms with E-state index in [0.29, 0.717) is 0 Å². The summed E-state index contributed by atoms with van der Waals surface area (Å²) in [5, 5.41) is 20.5. The van der Waals surface area contributed by atoms with Crippen LogP contribution >= 0.6 is 11.3 Å². The minimum Gasteiger partial charge on any atom is -0.394 e. The fraction of sp³-hybridized carbons (Fsp3) is 0.368. The predicted molar refractivity (Wildman–Crippen MR) is 98.1 cm³/mol. The van der Waals surface area contributed by atoms with Crippen LogP contribution in [0.3, 0.4) is 0 Å². The maximum Gasteiger partial charge on any atom is 0.186 e. The number of aliphatic hydroxyl groups excluding tert-OH is 1.